The number of benzene rings is 1. The van der Waals surface area contributed by atoms with E-state index in [-0.39, 0.29) is 12.1 Å². The van der Waals surface area contributed by atoms with Crippen LogP contribution in [-0.2, 0) is 0 Å². The predicted molar refractivity (Wildman–Crippen MR) is 83.2 cm³/mol. The molecule has 1 atom stereocenters. The lowest BCUT2D eigenvalue weighted by Gasteiger charge is -2.24. The van der Waals surface area contributed by atoms with Gasteiger partial charge in [-0.05, 0) is 42.8 Å². The average molecular weight is 286 g/mol. The molecule has 2 amide bonds. The summed E-state index contributed by atoms with van der Waals surface area (Å²) in [6.07, 6.45) is 2.13. The minimum absolute atomic E-state index is 0.00944. The van der Waals surface area contributed by atoms with E-state index in [0.29, 0.717) is 0 Å². The fourth-order valence-electron chi connectivity index (χ4n) is 2.69. The van der Waals surface area contributed by atoms with Gasteiger partial charge in [-0.15, -0.1) is 11.3 Å². The van der Waals surface area contributed by atoms with E-state index in [1.807, 2.05) is 36.1 Å². The first-order chi connectivity index (χ1) is 9.75. The van der Waals surface area contributed by atoms with Crippen molar-refractivity contribution in [3.63, 3.8) is 0 Å². The summed E-state index contributed by atoms with van der Waals surface area (Å²) < 4.78 is 0. The number of anilines is 1. The second kappa shape index (κ2) is 5.67. The molecule has 4 heteroatoms. The number of carbonyl (C=O) groups is 1. The van der Waals surface area contributed by atoms with Gasteiger partial charge in [-0.2, -0.15) is 0 Å². The van der Waals surface area contributed by atoms with Gasteiger partial charge in [0.15, 0.2) is 0 Å². The molecular weight excluding hydrogens is 268 g/mol. The van der Waals surface area contributed by atoms with Crippen LogP contribution in [0.2, 0.25) is 0 Å². The number of nitrogens with zero attached hydrogens (tertiary/aromatic N) is 1. The zero-order valence-corrected chi connectivity index (χ0v) is 12.3. The van der Waals surface area contributed by atoms with Crippen molar-refractivity contribution in [1.82, 2.24) is 4.90 Å². The lowest BCUT2D eigenvalue weighted by atomic mass is 10.2. The summed E-state index contributed by atoms with van der Waals surface area (Å²) in [5.41, 5.74) is 1.99. The van der Waals surface area contributed by atoms with E-state index in [4.69, 9.17) is 0 Å². The molecule has 1 aliphatic heterocycles. The van der Waals surface area contributed by atoms with Gasteiger partial charge in [0.25, 0.3) is 0 Å². The number of aryl methyl sites for hydroxylation is 1. The Hall–Kier alpha value is -1.81. The van der Waals surface area contributed by atoms with E-state index in [1.54, 1.807) is 11.3 Å². The fourth-order valence-corrected chi connectivity index (χ4v) is 3.56. The molecule has 1 aliphatic rings. The SMILES string of the molecule is Cc1ccccc1NC(=O)N1CCC[C@@H]1c1cccs1. The Morgan fingerprint density at radius 1 is 1.30 bits per heavy atom. The summed E-state index contributed by atoms with van der Waals surface area (Å²) in [6, 6.07) is 12.3. The second-order valence-corrected chi connectivity index (χ2v) is 6.09. The quantitative estimate of drug-likeness (QED) is 0.870. The highest BCUT2D eigenvalue weighted by molar-refractivity contribution is 7.10. The molecular formula is C16H18N2OS. The molecule has 0 saturated carbocycles. The van der Waals surface area contributed by atoms with Gasteiger partial charge >= 0.3 is 6.03 Å². The molecule has 0 radical (unpaired) electrons. The van der Waals surface area contributed by atoms with Crippen LogP contribution in [0, 0.1) is 6.92 Å². The second-order valence-electron chi connectivity index (χ2n) is 5.11. The van der Waals surface area contributed by atoms with Gasteiger partial charge in [0.1, 0.15) is 0 Å². The minimum Gasteiger partial charge on any atom is -0.317 e. The number of hydrogen-bond donors (Lipinski definition) is 1. The van der Waals surface area contributed by atoms with Crippen LogP contribution in [0.25, 0.3) is 0 Å². The lowest BCUT2D eigenvalue weighted by molar-refractivity contribution is 0.208. The molecule has 0 bridgehead atoms. The zero-order valence-electron chi connectivity index (χ0n) is 11.5. The summed E-state index contributed by atoms with van der Waals surface area (Å²) >= 11 is 1.73. The van der Waals surface area contributed by atoms with Crippen molar-refractivity contribution in [2.24, 2.45) is 0 Å². The van der Waals surface area contributed by atoms with E-state index < -0.39 is 0 Å². The van der Waals surface area contributed by atoms with Crippen LogP contribution in [0.4, 0.5) is 10.5 Å². The number of para-hydroxylation sites is 1. The maximum atomic E-state index is 12.5. The highest BCUT2D eigenvalue weighted by atomic mass is 32.1. The number of urea groups is 1. The minimum atomic E-state index is 0.00944. The Labute approximate surface area is 123 Å². The highest BCUT2D eigenvalue weighted by Crippen LogP contribution is 2.34. The molecule has 104 valence electrons. The molecule has 2 aromatic rings. The van der Waals surface area contributed by atoms with E-state index in [1.165, 1.54) is 4.88 Å². The Morgan fingerprint density at radius 3 is 2.90 bits per heavy atom. The van der Waals surface area contributed by atoms with Crippen LogP contribution in [0.15, 0.2) is 41.8 Å². The van der Waals surface area contributed by atoms with Crippen molar-refractivity contribution in [2.45, 2.75) is 25.8 Å². The maximum Gasteiger partial charge on any atom is 0.322 e. The number of hydrogen-bond acceptors (Lipinski definition) is 2. The smallest absolute Gasteiger partial charge is 0.317 e. The van der Waals surface area contributed by atoms with Crippen molar-refractivity contribution >= 4 is 23.1 Å². The van der Waals surface area contributed by atoms with Crippen molar-refractivity contribution in [1.29, 1.82) is 0 Å². The van der Waals surface area contributed by atoms with Crippen LogP contribution < -0.4 is 5.32 Å². The molecule has 3 rings (SSSR count). The van der Waals surface area contributed by atoms with Crippen LogP contribution in [-0.4, -0.2) is 17.5 Å². The summed E-state index contributed by atoms with van der Waals surface area (Å²) in [5.74, 6) is 0. The van der Waals surface area contributed by atoms with E-state index in [9.17, 15) is 4.79 Å². The number of thiophene rings is 1. The third-order valence-corrected chi connectivity index (χ3v) is 4.75. The molecule has 1 saturated heterocycles. The largest absolute Gasteiger partial charge is 0.322 e. The Bertz CT molecular complexity index is 594. The number of rotatable bonds is 2. The molecule has 1 N–H and O–H groups in total. The summed E-state index contributed by atoms with van der Waals surface area (Å²) in [6.45, 7) is 2.84. The van der Waals surface area contributed by atoms with Crippen molar-refractivity contribution < 1.29 is 4.79 Å². The van der Waals surface area contributed by atoms with E-state index >= 15 is 0 Å². The molecule has 0 spiro atoms. The molecule has 1 aromatic heterocycles. The lowest BCUT2D eigenvalue weighted by Crippen LogP contribution is -2.34. The molecule has 1 fully saturated rings. The first-order valence-electron chi connectivity index (χ1n) is 6.92. The van der Waals surface area contributed by atoms with Crippen molar-refractivity contribution in [3.05, 3.63) is 52.2 Å². The first kappa shape index (κ1) is 13.2. The molecule has 2 heterocycles. The number of nitrogens with one attached hydrogen (secondary N) is 1. The van der Waals surface area contributed by atoms with Crippen LogP contribution in [0.3, 0.4) is 0 Å². The highest BCUT2D eigenvalue weighted by Gasteiger charge is 2.30. The fraction of sp³-hybridized carbons (Fsp3) is 0.312. The zero-order chi connectivity index (χ0) is 13.9. The normalized spacial score (nSPS) is 18.2. The Kier molecular flexibility index (Phi) is 3.74. The van der Waals surface area contributed by atoms with Gasteiger partial charge in [-0.3, -0.25) is 0 Å². The van der Waals surface area contributed by atoms with Crippen LogP contribution in [0.1, 0.15) is 29.3 Å². The van der Waals surface area contributed by atoms with Gasteiger partial charge in [-0.1, -0.05) is 24.3 Å². The van der Waals surface area contributed by atoms with E-state index in [0.717, 1.165) is 30.6 Å². The summed E-state index contributed by atoms with van der Waals surface area (Å²) in [4.78, 5) is 15.7. The Morgan fingerprint density at radius 2 is 2.15 bits per heavy atom. The number of likely N-dealkylation sites (tertiary alicyclic amines) is 1. The third kappa shape index (κ3) is 2.56. The van der Waals surface area contributed by atoms with Gasteiger partial charge in [0.2, 0.25) is 0 Å². The average Bonchev–Trinajstić information content (AvgIpc) is 3.11. The third-order valence-electron chi connectivity index (χ3n) is 3.77. The molecule has 20 heavy (non-hydrogen) atoms. The van der Waals surface area contributed by atoms with Gasteiger partial charge in [0.05, 0.1) is 6.04 Å². The molecule has 0 aliphatic carbocycles. The molecule has 3 nitrogen and oxygen atoms in total. The van der Waals surface area contributed by atoms with Crippen molar-refractivity contribution in [2.75, 3.05) is 11.9 Å². The van der Waals surface area contributed by atoms with Gasteiger partial charge < -0.3 is 10.2 Å². The van der Waals surface area contributed by atoms with Gasteiger partial charge in [0, 0.05) is 17.1 Å². The first-order valence-corrected chi connectivity index (χ1v) is 7.80. The van der Waals surface area contributed by atoms with Gasteiger partial charge in [-0.25, -0.2) is 4.79 Å². The summed E-state index contributed by atoms with van der Waals surface area (Å²) in [5, 5.41) is 5.11. The molecule has 1 aromatic carbocycles. The van der Waals surface area contributed by atoms with E-state index in [2.05, 4.69) is 22.8 Å². The standard InChI is InChI=1S/C16H18N2OS/c1-12-6-2-3-7-13(12)17-16(19)18-10-4-8-14(18)15-9-5-11-20-15/h2-3,5-7,9,11,14H,4,8,10H2,1H3,(H,17,19)/t14-/m1/s1. The number of amides is 2. The Balaban J connectivity index is 1.75. The maximum absolute atomic E-state index is 12.5. The summed E-state index contributed by atoms with van der Waals surface area (Å²) in [7, 11) is 0. The topological polar surface area (TPSA) is 32.3 Å². The number of carbonyl (C=O) groups excluding carboxylic acids is 1. The predicted octanol–water partition coefficient (Wildman–Crippen LogP) is 4.43. The molecule has 0 unspecified atom stereocenters. The van der Waals surface area contributed by atoms with Crippen molar-refractivity contribution in [3.8, 4) is 0 Å². The van der Waals surface area contributed by atoms with Crippen LogP contribution in [0.5, 0.6) is 0 Å². The van der Waals surface area contributed by atoms with Crippen LogP contribution >= 0.6 is 11.3 Å². The monoisotopic (exact) mass is 286 g/mol.